The first kappa shape index (κ1) is 20.3. The predicted molar refractivity (Wildman–Crippen MR) is 117 cm³/mol. The van der Waals surface area contributed by atoms with Gasteiger partial charge in [-0.05, 0) is 36.2 Å². The van der Waals surface area contributed by atoms with Crippen LogP contribution in [0.5, 0.6) is 0 Å². The van der Waals surface area contributed by atoms with Gasteiger partial charge in [0.2, 0.25) is 5.91 Å². The molecule has 0 fully saturated rings. The number of hydrogen-bond acceptors (Lipinski definition) is 4. The second-order valence-electron chi connectivity index (χ2n) is 7.57. The average molecular weight is 415 g/mol. The number of nitrogens with zero attached hydrogens (tertiary/aromatic N) is 2. The SMILES string of the molecule is Cc1ccc(C(CC(=O)Nc2ccc([N+](=O)[O-])cc2)N2Cc3ccccc3C2=O)cc1. The Balaban J connectivity index is 1.56. The molecule has 31 heavy (non-hydrogen) atoms. The van der Waals surface area contributed by atoms with Gasteiger partial charge in [-0.25, -0.2) is 0 Å². The second-order valence-corrected chi connectivity index (χ2v) is 7.57. The van der Waals surface area contributed by atoms with Crippen molar-refractivity contribution in [1.82, 2.24) is 4.90 Å². The number of fused-ring (bicyclic) bond motifs is 1. The van der Waals surface area contributed by atoms with Gasteiger partial charge in [0.1, 0.15) is 0 Å². The van der Waals surface area contributed by atoms with E-state index in [4.69, 9.17) is 0 Å². The number of anilines is 1. The highest BCUT2D eigenvalue weighted by atomic mass is 16.6. The monoisotopic (exact) mass is 415 g/mol. The number of nitrogens with one attached hydrogen (secondary N) is 1. The van der Waals surface area contributed by atoms with E-state index in [2.05, 4.69) is 5.32 Å². The van der Waals surface area contributed by atoms with E-state index >= 15 is 0 Å². The van der Waals surface area contributed by atoms with Gasteiger partial charge in [-0.3, -0.25) is 19.7 Å². The van der Waals surface area contributed by atoms with Crippen LogP contribution in [0.25, 0.3) is 0 Å². The number of non-ortho nitro benzene ring substituents is 1. The van der Waals surface area contributed by atoms with Gasteiger partial charge >= 0.3 is 0 Å². The van der Waals surface area contributed by atoms with E-state index in [0.717, 1.165) is 16.7 Å². The molecule has 7 nitrogen and oxygen atoms in total. The van der Waals surface area contributed by atoms with Crippen molar-refractivity contribution in [2.24, 2.45) is 0 Å². The van der Waals surface area contributed by atoms with Gasteiger partial charge in [0.15, 0.2) is 0 Å². The highest BCUT2D eigenvalue weighted by Crippen LogP contribution is 2.34. The van der Waals surface area contributed by atoms with Crippen molar-refractivity contribution in [3.05, 3.63) is 105 Å². The molecule has 0 aromatic heterocycles. The largest absolute Gasteiger partial charge is 0.327 e. The topological polar surface area (TPSA) is 92.5 Å². The van der Waals surface area contributed by atoms with Crippen LogP contribution in [0.3, 0.4) is 0 Å². The minimum absolute atomic E-state index is 0.0454. The normalized spacial score (nSPS) is 13.6. The van der Waals surface area contributed by atoms with E-state index in [0.29, 0.717) is 17.8 Å². The molecule has 0 radical (unpaired) electrons. The number of benzene rings is 3. The van der Waals surface area contributed by atoms with Crippen molar-refractivity contribution in [3.63, 3.8) is 0 Å². The van der Waals surface area contributed by atoms with E-state index in [1.807, 2.05) is 49.4 Å². The summed E-state index contributed by atoms with van der Waals surface area (Å²) in [5.74, 6) is -0.368. The number of hydrogen-bond donors (Lipinski definition) is 1. The lowest BCUT2D eigenvalue weighted by Gasteiger charge is -2.28. The van der Waals surface area contributed by atoms with E-state index in [-0.39, 0.29) is 23.9 Å². The Morgan fingerprint density at radius 3 is 2.39 bits per heavy atom. The van der Waals surface area contributed by atoms with Gasteiger partial charge in [0.05, 0.1) is 17.4 Å². The van der Waals surface area contributed by atoms with Gasteiger partial charge in [0, 0.05) is 29.9 Å². The maximum absolute atomic E-state index is 13.0. The van der Waals surface area contributed by atoms with Crippen LogP contribution < -0.4 is 5.32 Å². The molecular weight excluding hydrogens is 394 g/mol. The lowest BCUT2D eigenvalue weighted by molar-refractivity contribution is -0.384. The molecule has 1 unspecified atom stereocenters. The van der Waals surface area contributed by atoms with Gasteiger partial charge in [-0.2, -0.15) is 0 Å². The highest BCUT2D eigenvalue weighted by molar-refractivity contribution is 5.99. The van der Waals surface area contributed by atoms with Crippen LogP contribution in [0.2, 0.25) is 0 Å². The van der Waals surface area contributed by atoms with Crippen LogP contribution in [-0.4, -0.2) is 21.6 Å². The fourth-order valence-electron chi connectivity index (χ4n) is 3.78. The van der Waals surface area contributed by atoms with Crippen LogP contribution in [0.1, 0.15) is 39.5 Å². The third-order valence-corrected chi connectivity index (χ3v) is 5.43. The zero-order chi connectivity index (χ0) is 22.0. The number of rotatable bonds is 6. The molecule has 156 valence electrons. The summed E-state index contributed by atoms with van der Waals surface area (Å²) in [5.41, 5.74) is 4.00. The van der Waals surface area contributed by atoms with Crippen molar-refractivity contribution in [3.8, 4) is 0 Å². The molecule has 1 atom stereocenters. The maximum atomic E-state index is 13.0. The Morgan fingerprint density at radius 1 is 1.06 bits per heavy atom. The summed E-state index contributed by atoms with van der Waals surface area (Å²) in [7, 11) is 0. The molecule has 4 rings (SSSR count). The Hall–Kier alpha value is -4.00. The Bertz CT molecular complexity index is 1140. The third kappa shape index (κ3) is 4.30. The molecule has 1 heterocycles. The molecule has 7 heteroatoms. The minimum atomic E-state index is -0.490. The molecule has 0 saturated heterocycles. The summed E-state index contributed by atoms with van der Waals surface area (Å²) in [5, 5.41) is 13.6. The summed E-state index contributed by atoms with van der Waals surface area (Å²) in [6.07, 6.45) is 0.0692. The number of amides is 2. The first-order chi connectivity index (χ1) is 14.9. The quantitative estimate of drug-likeness (QED) is 0.469. The van der Waals surface area contributed by atoms with Crippen molar-refractivity contribution in [2.45, 2.75) is 25.9 Å². The standard InChI is InChI=1S/C24H21N3O4/c1-16-6-8-17(9-7-16)22(26-15-18-4-2-3-5-21(18)24(26)29)14-23(28)25-19-10-12-20(13-11-19)27(30)31/h2-13,22H,14-15H2,1H3,(H,25,28). The van der Waals surface area contributed by atoms with Crippen LogP contribution in [0.15, 0.2) is 72.8 Å². The molecule has 0 saturated carbocycles. The molecule has 0 spiro atoms. The van der Waals surface area contributed by atoms with Crippen molar-refractivity contribution >= 4 is 23.2 Å². The van der Waals surface area contributed by atoms with Crippen molar-refractivity contribution in [1.29, 1.82) is 0 Å². The maximum Gasteiger partial charge on any atom is 0.269 e. The van der Waals surface area contributed by atoms with Gasteiger partial charge in [0.25, 0.3) is 11.6 Å². The van der Waals surface area contributed by atoms with Crippen LogP contribution >= 0.6 is 0 Å². The second kappa shape index (κ2) is 8.39. The third-order valence-electron chi connectivity index (χ3n) is 5.43. The summed E-state index contributed by atoms with van der Waals surface area (Å²) in [6.45, 7) is 2.43. The van der Waals surface area contributed by atoms with Crippen molar-refractivity contribution in [2.75, 3.05) is 5.32 Å². The van der Waals surface area contributed by atoms with E-state index in [1.54, 1.807) is 11.0 Å². The zero-order valence-electron chi connectivity index (χ0n) is 16.9. The molecule has 3 aromatic rings. The number of aryl methyl sites for hydroxylation is 1. The van der Waals surface area contributed by atoms with Gasteiger partial charge < -0.3 is 10.2 Å². The first-order valence-corrected chi connectivity index (χ1v) is 9.92. The number of carbonyl (C=O) groups excluding carboxylic acids is 2. The molecule has 1 aliphatic rings. The lowest BCUT2D eigenvalue weighted by Crippen LogP contribution is -2.32. The predicted octanol–water partition coefficient (Wildman–Crippen LogP) is 4.63. The van der Waals surface area contributed by atoms with Crippen LogP contribution in [-0.2, 0) is 11.3 Å². The summed E-state index contributed by atoms with van der Waals surface area (Å²) < 4.78 is 0. The zero-order valence-corrected chi connectivity index (χ0v) is 16.9. The molecule has 0 aliphatic carbocycles. The first-order valence-electron chi connectivity index (χ1n) is 9.92. The number of nitro benzene ring substituents is 1. The molecule has 2 amide bonds. The fourth-order valence-corrected chi connectivity index (χ4v) is 3.78. The average Bonchev–Trinajstić information content (AvgIpc) is 3.10. The Kier molecular flexibility index (Phi) is 5.49. The number of carbonyl (C=O) groups is 2. The molecule has 1 aliphatic heterocycles. The van der Waals surface area contributed by atoms with Crippen LogP contribution in [0.4, 0.5) is 11.4 Å². The van der Waals surface area contributed by atoms with Crippen molar-refractivity contribution < 1.29 is 14.5 Å². The molecular formula is C24H21N3O4. The van der Waals surface area contributed by atoms with Gasteiger partial charge in [-0.1, -0.05) is 48.0 Å². The summed E-state index contributed by atoms with van der Waals surface area (Å²) in [6, 6.07) is 20.5. The Morgan fingerprint density at radius 2 is 1.74 bits per heavy atom. The molecule has 3 aromatic carbocycles. The van der Waals surface area contributed by atoms with Crippen LogP contribution in [0, 0.1) is 17.0 Å². The smallest absolute Gasteiger partial charge is 0.269 e. The number of nitro groups is 1. The molecule has 1 N–H and O–H groups in total. The van der Waals surface area contributed by atoms with E-state index < -0.39 is 11.0 Å². The van der Waals surface area contributed by atoms with E-state index in [1.165, 1.54) is 24.3 Å². The lowest BCUT2D eigenvalue weighted by atomic mass is 10.00. The van der Waals surface area contributed by atoms with Gasteiger partial charge in [-0.15, -0.1) is 0 Å². The minimum Gasteiger partial charge on any atom is -0.327 e. The fraction of sp³-hybridized carbons (Fsp3) is 0.167. The highest BCUT2D eigenvalue weighted by Gasteiger charge is 2.34. The molecule has 0 bridgehead atoms. The summed E-state index contributed by atoms with van der Waals surface area (Å²) in [4.78, 5) is 37.9. The summed E-state index contributed by atoms with van der Waals surface area (Å²) >= 11 is 0. The Labute approximate surface area is 179 Å². The van der Waals surface area contributed by atoms with E-state index in [9.17, 15) is 19.7 Å².